The van der Waals surface area contributed by atoms with Crippen LogP contribution in [0.5, 0.6) is 5.75 Å². The summed E-state index contributed by atoms with van der Waals surface area (Å²) in [7, 11) is 0.330. The zero-order valence-electron chi connectivity index (χ0n) is 16.9. The van der Waals surface area contributed by atoms with Crippen molar-refractivity contribution in [3.8, 4) is 5.75 Å². The van der Waals surface area contributed by atoms with Crippen LogP contribution in [0.3, 0.4) is 0 Å². The molecule has 0 saturated carbocycles. The van der Waals surface area contributed by atoms with E-state index in [1.54, 1.807) is 32.9 Å². The van der Waals surface area contributed by atoms with Crippen molar-refractivity contribution < 1.29 is 22.7 Å². The summed E-state index contributed by atoms with van der Waals surface area (Å²) < 4.78 is 36.7. The van der Waals surface area contributed by atoms with Gasteiger partial charge in [-0.05, 0) is 39.7 Å². The van der Waals surface area contributed by atoms with Crippen molar-refractivity contribution in [2.24, 2.45) is 7.05 Å². The second-order valence-electron chi connectivity index (χ2n) is 8.15. The van der Waals surface area contributed by atoms with Gasteiger partial charge in [-0.15, -0.1) is 0 Å². The first-order valence-corrected chi connectivity index (χ1v) is 11.1. The number of aryl methyl sites for hydroxylation is 1. The predicted molar refractivity (Wildman–Crippen MR) is 108 cm³/mol. The Morgan fingerprint density at radius 1 is 1.32 bits per heavy atom. The molecule has 154 valence electrons. The van der Waals surface area contributed by atoms with Gasteiger partial charge in [-0.1, -0.05) is 0 Å². The van der Waals surface area contributed by atoms with Gasteiger partial charge >= 0.3 is 6.09 Å². The zero-order chi connectivity index (χ0) is 20.7. The fourth-order valence-electron chi connectivity index (χ4n) is 3.51. The highest BCUT2D eigenvalue weighted by molar-refractivity contribution is 7.91. The van der Waals surface area contributed by atoms with Crippen LogP contribution in [0.2, 0.25) is 0 Å². The van der Waals surface area contributed by atoms with Gasteiger partial charge in [0.1, 0.15) is 17.2 Å². The Kier molecular flexibility index (Phi) is 5.31. The molecular weight excluding hydrogens is 382 g/mol. The molecule has 3 rings (SSSR count). The van der Waals surface area contributed by atoms with Gasteiger partial charge in [0.25, 0.3) is 0 Å². The van der Waals surface area contributed by atoms with E-state index in [1.807, 2.05) is 11.6 Å². The first-order valence-electron chi connectivity index (χ1n) is 9.24. The van der Waals surface area contributed by atoms with E-state index in [-0.39, 0.29) is 17.4 Å². The van der Waals surface area contributed by atoms with Gasteiger partial charge in [-0.3, -0.25) is 5.32 Å². The van der Waals surface area contributed by atoms with Gasteiger partial charge in [0.05, 0.1) is 35.3 Å². The molecule has 0 spiro atoms. The van der Waals surface area contributed by atoms with Gasteiger partial charge in [0.15, 0.2) is 9.84 Å². The molecule has 1 amide bonds. The van der Waals surface area contributed by atoms with Gasteiger partial charge in [0, 0.05) is 19.0 Å². The molecule has 1 saturated heterocycles. The smallest absolute Gasteiger partial charge is 0.412 e. The predicted octanol–water partition coefficient (Wildman–Crippen LogP) is 3.22. The largest absolute Gasteiger partial charge is 0.494 e. The summed E-state index contributed by atoms with van der Waals surface area (Å²) in [6, 6.07) is 3.51. The van der Waals surface area contributed by atoms with E-state index in [0.29, 0.717) is 23.4 Å². The number of nitrogens with zero attached hydrogens (tertiary/aromatic N) is 2. The average molecular weight is 410 g/mol. The number of imidazole rings is 1. The third kappa shape index (κ3) is 4.40. The van der Waals surface area contributed by atoms with Crippen molar-refractivity contribution in [3.05, 3.63) is 18.0 Å². The Bertz CT molecular complexity index is 1000. The fraction of sp³-hybridized carbons (Fsp3) is 0.579. The normalized spacial score (nSPS) is 19.4. The van der Waals surface area contributed by atoms with E-state index in [2.05, 4.69) is 10.3 Å². The number of hydrogen-bond acceptors (Lipinski definition) is 6. The van der Waals surface area contributed by atoms with E-state index < -0.39 is 21.5 Å². The average Bonchev–Trinajstić information content (AvgIpc) is 2.88. The molecular formula is C19H27N3O5S. The number of hydrogen-bond donors (Lipinski definition) is 1. The maximum absolute atomic E-state index is 12.2. The third-order valence-electron chi connectivity index (χ3n) is 4.70. The summed E-state index contributed by atoms with van der Waals surface area (Å²) in [5.41, 5.74) is 1.32. The van der Waals surface area contributed by atoms with Crippen LogP contribution in [0.4, 0.5) is 10.5 Å². The Labute approximate surface area is 165 Å². The number of sulfone groups is 1. The van der Waals surface area contributed by atoms with Gasteiger partial charge in [0.2, 0.25) is 0 Å². The first kappa shape index (κ1) is 20.4. The van der Waals surface area contributed by atoms with E-state index in [9.17, 15) is 13.2 Å². The molecule has 1 N–H and O–H groups in total. The maximum atomic E-state index is 12.2. The molecule has 1 aliphatic heterocycles. The van der Waals surface area contributed by atoms with Crippen molar-refractivity contribution in [1.29, 1.82) is 0 Å². The minimum absolute atomic E-state index is 0.115. The molecule has 2 heterocycles. The van der Waals surface area contributed by atoms with Crippen LogP contribution in [0.15, 0.2) is 12.1 Å². The number of nitrogens with one attached hydrogen (secondary N) is 1. The molecule has 1 aromatic carbocycles. The molecule has 8 nitrogen and oxygen atoms in total. The fourth-order valence-corrected chi connectivity index (χ4v) is 5.21. The van der Waals surface area contributed by atoms with Crippen LogP contribution in [0.25, 0.3) is 11.0 Å². The van der Waals surface area contributed by atoms with Crippen molar-refractivity contribution >= 4 is 32.7 Å². The van der Waals surface area contributed by atoms with E-state index in [1.165, 1.54) is 7.11 Å². The first-order chi connectivity index (χ1) is 13.0. The van der Waals surface area contributed by atoms with Crippen LogP contribution in [0, 0.1) is 0 Å². The van der Waals surface area contributed by atoms with Crippen molar-refractivity contribution in [1.82, 2.24) is 9.55 Å². The highest BCUT2D eigenvalue weighted by atomic mass is 32.2. The standard InChI is InChI=1S/C19H27N3O5S/c1-19(2,3)27-18(23)21-14-9-15-13(10-16(14)26-5)20-17(22(15)4)12-7-6-8-28(24,25)11-12/h9-10,12H,6-8,11H2,1-5H3,(H,21,23). The number of benzene rings is 1. The van der Waals surface area contributed by atoms with Crippen molar-refractivity contribution in [2.45, 2.75) is 45.1 Å². The van der Waals surface area contributed by atoms with Gasteiger partial charge in [-0.2, -0.15) is 0 Å². The van der Waals surface area contributed by atoms with E-state index in [4.69, 9.17) is 9.47 Å². The van der Waals surface area contributed by atoms with E-state index in [0.717, 1.165) is 17.8 Å². The molecule has 0 radical (unpaired) electrons. The zero-order valence-corrected chi connectivity index (χ0v) is 17.7. The molecule has 1 aromatic heterocycles. The minimum Gasteiger partial charge on any atom is -0.494 e. The summed E-state index contributed by atoms with van der Waals surface area (Å²) in [6.07, 6.45) is 0.854. The molecule has 28 heavy (non-hydrogen) atoms. The minimum atomic E-state index is -3.04. The molecule has 0 aliphatic carbocycles. The van der Waals surface area contributed by atoms with Gasteiger partial charge < -0.3 is 14.0 Å². The van der Waals surface area contributed by atoms with E-state index >= 15 is 0 Å². The Morgan fingerprint density at radius 2 is 2.04 bits per heavy atom. The molecule has 1 atom stereocenters. The van der Waals surface area contributed by atoms with Crippen LogP contribution < -0.4 is 10.1 Å². The molecule has 1 unspecified atom stereocenters. The summed E-state index contributed by atoms with van der Waals surface area (Å²) in [4.78, 5) is 16.8. The third-order valence-corrected chi connectivity index (χ3v) is 6.52. The number of rotatable bonds is 3. The second kappa shape index (κ2) is 7.27. The number of fused-ring (bicyclic) bond motifs is 1. The van der Waals surface area contributed by atoms with Gasteiger partial charge in [-0.25, -0.2) is 18.2 Å². The SMILES string of the molecule is COc1cc2nc(C3CCCS(=O)(=O)C3)n(C)c2cc1NC(=O)OC(C)(C)C. The lowest BCUT2D eigenvalue weighted by molar-refractivity contribution is 0.0635. The molecule has 2 aromatic rings. The number of carbonyl (C=O) groups excluding carboxylic acids is 1. The number of ether oxygens (including phenoxy) is 2. The topological polar surface area (TPSA) is 99.5 Å². The van der Waals surface area contributed by atoms with Crippen LogP contribution in [-0.2, 0) is 21.6 Å². The highest BCUT2D eigenvalue weighted by Gasteiger charge is 2.29. The lowest BCUT2D eigenvalue weighted by Crippen LogP contribution is -2.27. The molecule has 1 fully saturated rings. The summed E-state index contributed by atoms with van der Waals surface area (Å²) in [5, 5.41) is 2.72. The highest BCUT2D eigenvalue weighted by Crippen LogP contribution is 2.34. The van der Waals surface area contributed by atoms with Crippen LogP contribution >= 0.6 is 0 Å². The Balaban J connectivity index is 1.97. The quantitative estimate of drug-likeness (QED) is 0.836. The van der Waals surface area contributed by atoms with Crippen molar-refractivity contribution in [3.63, 3.8) is 0 Å². The summed E-state index contributed by atoms with van der Waals surface area (Å²) in [6.45, 7) is 5.37. The Morgan fingerprint density at radius 3 is 2.64 bits per heavy atom. The van der Waals surface area contributed by atoms with Crippen LogP contribution in [-0.4, -0.2) is 48.3 Å². The van der Waals surface area contributed by atoms with Crippen LogP contribution in [0.1, 0.15) is 45.4 Å². The Hall–Kier alpha value is -2.29. The number of carbonyl (C=O) groups is 1. The number of methoxy groups -OCH3 is 1. The lowest BCUT2D eigenvalue weighted by atomic mass is 10.1. The maximum Gasteiger partial charge on any atom is 0.412 e. The molecule has 9 heteroatoms. The number of anilines is 1. The molecule has 1 aliphatic rings. The monoisotopic (exact) mass is 409 g/mol. The summed E-state index contributed by atoms with van der Waals surface area (Å²) in [5.74, 6) is 1.41. The van der Waals surface area contributed by atoms with Crippen molar-refractivity contribution in [2.75, 3.05) is 23.9 Å². The number of aromatic nitrogens is 2. The number of amides is 1. The molecule has 0 bridgehead atoms. The summed E-state index contributed by atoms with van der Waals surface area (Å²) >= 11 is 0. The lowest BCUT2D eigenvalue weighted by Gasteiger charge is -2.21. The second-order valence-corrected chi connectivity index (χ2v) is 10.4.